The molecular formula is C47H99N3O13. The van der Waals surface area contributed by atoms with Crippen molar-refractivity contribution in [1.82, 2.24) is 10.7 Å². The van der Waals surface area contributed by atoms with Gasteiger partial charge in [0.05, 0.1) is 152 Å². The summed E-state index contributed by atoms with van der Waals surface area (Å²) in [6.45, 7) is 41.5. The van der Waals surface area contributed by atoms with E-state index < -0.39 is 0 Å². The Balaban J connectivity index is -0.000000302. The number of carbonyl (C=O) groups is 1. The molecule has 0 aromatic heterocycles. The maximum Gasteiger partial charge on any atom is 0.222 e. The molecule has 0 aliphatic rings. The average Bonchev–Trinajstić information content (AvgIpc) is 3.27. The summed E-state index contributed by atoms with van der Waals surface area (Å²) in [7, 11) is 3.25. The van der Waals surface area contributed by atoms with Crippen LogP contribution < -0.4 is 16.6 Å². The van der Waals surface area contributed by atoms with Gasteiger partial charge < -0.3 is 67.6 Å². The van der Waals surface area contributed by atoms with Crippen molar-refractivity contribution in [1.29, 1.82) is 0 Å². The summed E-state index contributed by atoms with van der Waals surface area (Å²) < 4.78 is 64.3. The quantitative estimate of drug-likeness (QED) is 0.0255. The highest BCUT2D eigenvalue weighted by molar-refractivity contribution is 5.75. The van der Waals surface area contributed by atoms with Crippen molar-refractivity contribution in [2.45, 2.75) is 81.6 Å². The molecule has 0 aromatic rings. The SMILES string of the molecule is C=C/C=C\C(=C)C(=C)NN.CC.CC(C)C.CCC.CCC.CNC(=O)CCOCCOCCOCCOCCOCCOCCOCCOCCOCCOCCOCCOC. The molecular weight excluding hydrogens is 815 g/mol. The second kappa shape index (κ2) is 74.1. The first-order valence-electron chi connectivity index (χ1n) is 22.8. The Morgan fingerprint density at radius 3 is 0.937 bits per heavy atom. The van der Waals surface area contributed by atoms with E-state index in [1.807, 2.05) is 13.8 Å². The van der Waals surface area contributed by atoms with Crippen LogP contribution in [0.2, 0.25) is 0 Å². The van der Waals surface area contributed by atoms with Gasteiger partial charge in [-0.3, -0.25) is 10.6 Å². The van der Waals surface area contributed by atoms with E-state index >= 15 is 0 Å². The number of ether oxygens (including phenoxy) is 12. The lowest BCUT2D eigenvalue weighted by atomic mass is 10.2. The van der Waals surface area contributed by atoms with Gasteiger partial charge in [0.25, 0.3) is 0 Å². The highest BCUT2D eigenvalue weighted by atomic mass is 16.6. The van der Waals surface area contributed by atoms with E-state index in [2.05, 4.69) is 78.9 Å². The Bertz CT molecular complexity index is 881. The Kier molecular flexibility index (Phi) is 85.0. The molecule has 63 heavy (non-hydrogen) atoms. The number of hydrogen-bond acceptors (Lipinski definition) is 15. The number of hydrazine groups is 1. The highest BCUT2D eigenvalue weighted by Crippen LogP contribution is 2.00. The van der Waals surface area contributed by atoms with Gasteiger partial charge in [-0.25, -0.2) is 0 Å². The fraction of sp³-hybridized carbons (Fsp3) is 0.809. The molecule has 0 aliphatic carbocycles. The van der Waals surface area contributed by atoms with Crippen LogP contribution in [-0.4, -0.2) is 172 Å². The van der Waals surface area contributed by atoms with Gasteiger partial charge in [-0.1, -0.05) is 113 Å². The van der Waals surface area contributed by atoms with E-state index in [1.54, 1.807) is 32.4 Å². The zero-order valence-electron chi connectivity index (χ0n) is 42.2. The van der Waals surface area contributed by atoms with Crippen molar-refractivity contribution in [2.24, 2.45) is 11.8 Å². The first kappa shape index (κ1) is 72.3. The van der Waals surface area contributed by atoms with Crippen LogP contribution in [0.1, 0.15) is 81.6 Å². The minimum absolute atomic E-state index is 0.0354. The Morgan fingerprint density at radius 2 is 0.746 bits per heavy atom. The smallest absolute Gasteiger partial charge is 0.222 e. The van der Waals surface area contributed by atoms with Gasteiger partial charge in [-0.2, -0.15) is 0 Å². The number of allylic oxidation sites excluding steroid dienone is 3. The number of hydrogen-bond donors (Lipinski definition) is 3. The lowest BCUT2D eigenvalue weighted by Gasteiger charge is -2.09. The van der Waals surface area contributed by atoms with Gasteiger partial charge in [0.15, 0.2) is 0 Å². The molecule has 0 bridgehead atoms. The van der Waals surface area contributed by atoms with E-state index in [9.17, 15) is 4.79 Å². The second-order valence-corrected chi connectivity index (χ2v) is 13.0. The minimum Gasteiger partial charge on any atom is -0.382 e. The van der Waals surface area contributed by atoms with E-state index in [-0.39, 0.29) is 5.91 Å². The molecule has 16 heteroatoms. The normalized spacial score (nSPS) is 10.1. The van der Waals surface area contributed by atoms with Gasteiger partial charge in [0, 0.05) is 26.3 Å². The first-order chi connectivity index (χ1) is 30.6. The van der Waals surface area contributed by atoms with Crippen LogP contribution in [0.15, 0.2) is 49.2 Å². The molecule has 0 spiro atoms. The fourth-order valence-electron chi connectivity index (χ4n) is 3.11. The monoisotopic (exact) mass is 914 g/mol. The average molecular weight is 914 g/mol. The van der Waals surface area contributed by atoms with E-state index in [0.29, 0.717) is 164 Å². The molecule has 4 N–H and O–H groups in total. The summed E-state index contributed by atoms with van der Waals surface area (Å²) >= 11 is 0. The predicted octanol–water partition coefficient (Wildman–Crippen LogP) is 6.73. The van der Waals surface area contributed by atoms with Gasteiger partial charge in [0.1, 0.15) is 0 Å². The van der Waals surface area contributed by atoms with Crippen LogP contribution >= 0.6 is 0 Å². The minimum atomic E-state index is -0.0354. The van der Waals surface area contributed by atoms with Crippen molar-refractivity contribution in [3.05, 3.63) is 49.2 Å². The third kappa shape index (κ3) is 91.1. The van der Waals surface area contributed by atoms with E-state index in [4.69, 9.17) is 62.7 Å². The van der Waals surface area contributed by atoms with Gasteiger partial charge in [-0.15, -0.1) is 0 Å². The maximum absolute atomic E-state index is 11.0. The molecule has 0 unspecified atom stereocenters. The number of carbonyl (C=O) groups excluding carboxylic acids is 1. The van der Waals surface area contributed by atoms with Crippen molar-refractivity contribution < 1.29 is 61.6 Å². The number of nitrogens with one attached hydrogen (secondary N) is 2. The molecule has 0 aromatic carbocycles. The van der Waals surface area contributed by atoms with Crippen molar-refractivity contribution in [3.8, 4) is 0 Å². The lowest BCUT2D eigenvalue weighted by molar-refractivity contribution is -0.121. The standard InChI is InChI=1S/C27H55NO13.C8H12N2.C4H10.2C3H8.C2H6/c1-28-27(29)3-4-31-7-8-33-11-12-35-15-16-37-19-20-39-23-24-41-26-25-40-22-21-38-18-17-36-14-13-34-10-9-32-6-5-30-2;1-4-5-6-7(2)8(3)10-9;1-4(2)3;2*1-3-2;1-2/h3-26H2,1-2H3,(H,28,29);4-6,10H,1-3,9H2;4H,1-3H3;2*3H2,1-2H3;1-2H3/b;6-5-;;;;. The number of methoxy groups -OCH3 is 1. The maximum atomic E-state index is 11.0. The van der Waals surface area contributed by atoms with Crippen LogP contribution in [0.25, 0.3) is 0 Å². The third-order valence-corrected chi connectivity index (χ3v) is 5.90. The van der Waals surface area contributed by atoms with Gasteiger partial charge in [0.2, 0.25) is 5.91 Å². The van der Waals surface area contributed by atoms with Crippen LogP contribution in [0.5, 0.6) is 0 Å². The molecule has 1 amide bonds. The Hall–Kier alpha value is -2.29. The third-order valence-electron chi connectivity index (χ3n) is 5.90. The van der Waals surface area contributed by atoms with E-state index in [1.165, 1.54) is 12.8 Å². The largest absolute Gasteiger partial charge is 0.382 e. The molecule has 0 fully saturated rings. The first-order valence-corrected chi connectivity index (χ1v) is 22.8. The highest BCUT2D eigenvalue weighted by Gasteiger charge is 1.98. The summed E-state index contributed by atoms with van der Waals surface area (Å²) in [6, 6.07) is 0. The van der Waals surface area contributed by atoms with Crippen LogP contribution in [0.4, 0.5) is 0 Å². The second-order valence-electron chi connectivity index (χ2n) is 13.0. The van der Waals surface area contributed by atoms with Crippen molar-refractivity contribution >= 4 is 5.91 Å². The number of nitrogens with two attached hydrogens (primary N) is 1. The molecule has 380 valence electrons. The summed E-state index contributed by atoms with van der Waals surface area (Å²) in [5.74, 6) is 5.87. The van der Waals surface area contributed by atoms with Gasteiger partial charge in [-0.05, 0) is 11.5 Å². The zero-order chi connectivity index (χ0) is 48.7. The van der Waals surface area contributed by atoms with Crippen LogP contribution in [0, 0.1) is 5.92 Å². The topological polar surface area (TPSA) is 178 Å². The number of rotatable bonds is 40. The zero-order valence-corrected chi connectivity index (χ0v) is 42.2. The van der Waals surface area contributed by atoms with Crippen molar-refractivity contribution in [2.75, 3.05) is 166 Å². The summed E-state index contributed by atoms with van der Waals surface area (Å²) in [6.07, 6.45) is 8.06. The Labute approximate surface area is 386 Å². The Morgan fingerprint density at radius 1 is 0.524 bits per heavy atom. The summed E-state index contributed by atoms with van der Waals surface area (Å²) in [5.41, 5.74) is 3.76. The fourth-order valence-corrected chi connectivity index (χ4v) is 3.11. The van der Waals surface area contributed by atoms with Crippen molar-refractivity contribution in [3.63, 3.8) is 0 Å². The molecule has 0 radical (unpaired) electrons. The predicted molar refractivity (Wildman–Crippen MR) is 258 cm³/mol. The van der Waals surface area contributed by atoms with Crippen LogP contribution in [0.3, 0.4) is 0 Å². The molecule has 16 nitrogen and oxygen atoms in total. The van der Waals surface area contributed by atoms with Crippen LogP contribution in [-0.2, 0) is 61.6 Å². The summed E-state index contributed by atoms with van der Waals surface area (Å²) in [4.78, 5) is 11.0. The molecule has 0 saturated heterocycles. The van der Waals surface area contributed by atoms with E-state index in [0.717, 1.165) is 11.5 Å². The number of amides is 1. The molecule has 0 atom stereocenters. The summed E-state index contributed by atoms with van der Waals surface area (Å²) in [5, 5.41) is 2.54. The molecule has 0 aliphatic heterocycles. The molecule has 0 rings (SSSR count). The lowest BCUT2D eigenvalue weighted by Crippen LogP contribution is -2.20. The molecule has 0 heterocycles. The molecule has 0 saturated carbocycles. The van der Waals surface area contributed by atoms with Gasteiger partial charge >= 0.3 is 0 Å².